The van der Waals surface area contributed by atoms with Crippen molar-refractivity contribution in [2.45, 2.75) is 25.5 Å². The summed E-state index contributed by atoms with van der Waals surface area (Å²) >= 11 is 1.54. The van der Waals surface area contributed by atoms with E-state index in [-0.39, 0.29) is 6.54 Å². The average molecular weight is 336 g/mol. The lowest BCUT2D eigenvalue weighted by Crippen LogP contribution is -2.50. The van der Waals surface area contributed by atoms with Gasteiger partial charge in [-0.3, -0.25) is 19.3 Å². The molecule has 0 bridgehead atoms. The first-order valence-electron chi connectivity index (χ1n) is 7.39. The van der Waals surface area contributed by atoms with E-state index in [9.17, 15) is 19.5 Å². The number of aliphatic hydroxyl groups excluding tert-OH is 1. The fraction of sp³-hybridized carbons (Fsp3) is 0.438. The lowest BCUT2D eigenvalue weighted by Gasteiger charge is -2.25. The molecule has 2 atom stereocenters. The van der Waals surface area contributed by atoms with Gasteiger partial charge in [0, 0.05) is 6.54 Å². The van der Waals surface area contributed by atoms with Crippen LogP contribution in [0.2, 0.25) is 0 Å². The predicted octanol–water partition coefficient (Wildman–Crippen LogP) is 0.901. The third-order valence-corrected chi connectivity index (χ3v) is 4.25. The number of benzene rings is 1. The van der Waals surface area contributed by atoms with Crippen LogP contribution in [-0.4, -0.2) is 58.4 Å². The van der Waals surface area contributed by atoms with Crippen molar-refractivity contribution in [3.05, 3.63) is 35.4 Å². The summed E-state index contributed by atoms with van der Waals surface area (Å²) in [4.78, 5) is 38.5. The fourth-order valence-corrected chi connectivity index (χ4v) is 2.92. The molecule has 0 radical (unpaired) electrons. The van der Waals surface area contributed by atoms with Crippen LogP contribution in [0.15, 0.2) is 24.3 Å². The molecule has 0 saturated heterocycles. The summed E-state index contributed by atoms with van der Waals surface area (Å²) in [7, 11) is 0. The van der Waals surface area contributed by atoms with E-state index in [0.717, 1.165) is 4.90 Å². The van der Waals surface area contributed by atoms with Crippen molar-refractivity contribution in [2.24, 2.45) is 0 Å². The van der Waals surface area contributed by atoms with Crippen LogP contribution in [0, 0.1) is 0 Å². The summed E-state index contributed by atoms with van der Waals surface area (Å²) in [6.07, 6.45) is 1.58. The van der Waals surface area contributed by atoms with Crippen LogP contribution < -0.4 is 5.32 Å². The molecule has 0 aliphatic carbocycles. The minimum atomic E-state index is -0.867. The molecule has 2 unspecified atom stereocenters. The van der Waals surface area contributed by atoms with Crippen molar-refractivity contribution in [1.29, 1.82) is 0 Å². The second-order valence-corrected chi connectivity index (χ2v) is 6.40. The van der Waals surface area contributed by atoms with Crippen LogP contribution in [0.25, 0.3) is 0 Å². The molecule has 0 spiro atoms. The van der Waals surface area contributed by atoms with Crippen LogP contribution >= 0.6 is 11.8 Å². The number of hydrogen-bond acceptors (Lipinski definition) is 5. The van der Waals surface area contributed by atoms with E-state index in [1.165, 1.54) is 11.8 Å². The molecule has 0 aromatic heterocycles. The Bertz CT molecular complexity index is 583. The maximum absolute atomic E-state index is 12.5. The molecular formula is C16H20N2O4S. The Kier molecular flexibility index (Phi) is 5.79. The molecule has 1 aliphatic rings. The number of carbonyl (C=O) groups excluding carboxylic acids is 3. The highest BCUT2D eigenvalue weighted by Gasteiger charge is 2.42. The number of hydrogen-bond donors (Lipinski definition) is 2. The smallest absolute Gasteiger partial charge is 0.262 e. The monoisotopic (exact) mass is 336 g/mol. The summed E-state index contributed by atoms with van der Waals surface area (Å²) in [5, 5.41) is 11.9. The zero-order chi connectivity index (χ0) is 17.0. The van der Waals surface area contributed by atoms with Gasteiger partial charge in [-0.2, -0.15) is 11.8 Å². The third-order valence-electron chi connectivity index (χ3n) is 3.61. The number of amides is 3. The van der Waals surface area contributed by atoms with Crippen molar-refractivity contribution in [1.82, 2.24) is 10.2 Å². The zero-order valence-electron chi connectivity index (χ0n) is 13.1. The van der Waals surface area contributed by atoms with Crippen molar-refractivity contribution in [2.75, 3.05) is 18.6 Å². The van der Waals surface area contributed by atoms with Gasteiger partial charge in [-0.25, -0.2) is 0 Å². The van der Waals surface area contributed by atoms with Gasteiger partial charge in [0.05, 0.1) is 17.2 Å². The Labute approximate surface area is 139 Å². The number of nitrogens with one attached hydrogen (secondary N) is 1. The van der Waals surface area contributed by atoms with Gasteiger partial charge in [0.1, 0.15) is 6.04 Å². The zero-order valence-corrected chi connectivity index (χ0v) is 13.9. The summed E-state index contributed by atoms with van der Waals surface area (Å²) in [6.45, 7) is 1.64. The van der Waals surface area contributed by atoms with Gasteiger partial charge in [0.2, 0.25) is 5.91 Å². The number of imide groups is 1. The lowest BCUT2D eigenvalue weighted by molar-refractivity contribution is -0.125. The van der Waals surface area contributed by atoms with Gasteiger partial charge >= 0.3 is 0 Å². The molecule has 2 rings (SSSR count). The van der Waals surface area contributed by atoms with E-state index >= 15 is 0 Å². The summed E-state index contributed by atoms with van der Waals surface area (Å²) in [6, 6.07) is 5.70. The second-order valence-electron chi connectivity index (χ2n) is 5.42. The molecule has 6 nitrogen and oxygen atoms in total. The minimum Gasteiger partial charge on any atom is -0.392 e. The largest absolute Gasteiger partial charge is 0.392 e. The number of fused-ring (bicyclic) bond motifs is 1. The SMILES string of the molecule is CSCCC(C(=O)NCC(C)O)N1C(=O)c2ccccc2C1=O. The van der Waals surface area contributed by atoms with Gasteiger partial charge in [-0.15, -0.1) is 0 Å². The van der Waals surface area contributed by atoms with Crippen LogP contribution in [0.3, 0.4) is 0 Å². The number of aliphatic hydroxyl groups is 1. The Balaban J connectivity index is 2.24. The first-order valence-corrected chi connectivity index (χ1v) is 8.78. The first-order chi connectivity index (χ1) is 11.0. The molecule has 1 aromatic carbocycles. The maximum atomic E-state index is 12.5. The lowest BCUT2D eigenvalue weighted by atomic mass is 10.1. The molecule has 2 N–H and O–H groups in total. The normalized spacial score (nSPS) is 16.2. The molecule has 0 saturated carbocycles. The van der Waals surface area contributed by atoms with E-state index in [0.29, 0.717) is 23.3 Å². The Morgan fingerprint density at radius 2 is 1.83 bits per heavy atom. The molecular weight excluding hydrogens is 316 g/mol. The quantitative estimate of drug-likeness (QED) is 0.723. The van der Waals surface area contributed by atoms with Crippen molar-refractivity contribution < 1.29 is 19.5 Å². The second kappa shape index (κ2) is 7.61. The van der Waals surface area contributed by atoms with Crippen LogP contribution in [0.1, 0.15) is 34.1 Å². The van der Waals surface area contributed by atoms with Crippen LogP contribution in [0.5, 0.6) is 0 Å². The van der Waals surface area contributed by atoms with Gasteiger partial charge in [-0.05, 0) is 37.5 Å². The van der Waals surface area contributed by atoms with E-state index in [1.54, 1.807) is 31.2 Å². The highest BCUT2D eigenvalue weighted by atomic mass is 32.2. The molecule has 0 fully saturated rings. The average Bonchev–Trinajstić information content (AvgIpc) is 2.78. The molecule has 1 aliphatic heterocycles. The molecule has 3 amide bonds. The first kappa shape index (κ1) is 17.5. The Morgan fingerprint density at radius 3 is 2.30 bits per heavy atom. The predicted molar refractivity (Wildman–Crippen MR) is 88.4 cm³/mol. The van der Waals surface area contributed by atoms with Gasteiger partial charge < -0.3 is 10.4 Å². The molecule has 1 aromatic rings. The number of carbonyl (C=O) groups is 3. The van der Waals surface area contributed by atoms with Crippen molar-refractivity contribution in [3.8, 4) is 0 Å². The highest BCUT2D eigenvalue weighted by Crippen LogP contribution is 2.26. The topological polar surface area (TPSA) is 86.7 Å². The summed E-state index contributed by atoms with van der Waals surface area (Å²) < 4.78 is 0. The molecule has 1 heterocycles. The standard InChI is InChI=1S/C16H20N2O4S/c1-10(19)9-17-14(20)13(7-8-23-2)18-15(21)11-5-3-4-6-12(11)16(18)22/h3-6,10,13,19H,7-9H2,1-2H3,(H,17,20). The van der Waals surface area contributed by atoms with E-state index in [1.807, 2.05) is 6.26 Å². The molecule has 7 heteroatoms. The van der Waals surface area contributed by atoms with E-state index < -0.39 is 29.9 Å². The maximum Gasteiger partial charge on any atom is 0.262 e. The number of nitrogens with zero attached hydrogens (tertiary/aromatic N) is 1. The molecule has 23 heavy (non-hydrogen) atoms. The molecule has 124 valence electrons. The third kappa shape index (κ3) is 3.73. The van der Waals surface area contributed by atoms with Crippen molar-refractivity contribution in [3.63, 3.8) is 0 Å². The minimum absolute atomic E-state index is 0.0811. The van der Waals surface area contributed by atoms with Gasteiger partial charge in [0.25, 0.3) is 11.8 Å². The Morgan fingerprint density at radius 1 is 1.26 bits per heavy atom. The van der Waals surface area contributed by atoms with E-state index in [4.69, 9.17) is 0 Å². The fourth-order valence-electron chi connectivity index (χ4n) is 2.46. The van der Waals surface area contributed by atoms with Gasteiger partial charge in [0.15, 0.2) is 0 Å². The Hall–Kier alpha value is -1.86. The van der Waals surface area contributed by atoms with Crippen LogP contribution in [0.4, 0.5) is 0 Å². The highest BCUT2D eigenvalue weighted by molar-refractivity contribution is 7.98. The van der Waals surface area contributed by atoms with E-state index in [2.05, 4.69) is 5.32 Å². The number of rotatable bonds is 7. The van der Waals surface area contributed by atoms with Crippen LogP contribution in [-0.2, 0) is 4.79 Å². The summed E-state index contributed by atoms with van der Waals surface area (Å²) in [5.41, 5.74) is 0.657. The summed E-state index contributed by atoms with van der Waals surface area (Å²) in [5.74, 6) is -0.664. The van der Waals surface area contributed by atoms with Gasteiger partial charge in [-0.1, -0.05) is 12.1 Å². The number of thioether (sulfide) groups is 1. The van der Waals surface area contributed by atoms with Crippen molar-refractivity contribution >= 4 is 29.5 Å².